The number of hydrogen-bond donors (Lipinski definition) is 3. The molecule has 0 bridgehead atoms. The van der Waals surface area contributed by atoms with Gasteiger partial charge in [0.15, 0.2) is 17.3 Å². The van der Waals surface area contributed by atoms with Crippen molar-refractivity contribution in [1.29, 1.82) is 0 Å². The summed E-state index contributed by atoms with van der Waals surface area (Å²) in [5.41, 5.74) is 2.41. The number of benzene rings is 1. The fraction of sp³-hybridized carbons (Fsp3) is 0.400. The fourth-order valence-electron chi connectivity index (χ4n) is 3.46. The van der Waals surface area contributed by atoms with E-state index in [2.05, 4.69) is 32.8 Å². The van der Waals surface area contributed by atoms with Crippen LogP contribution in [0, 0.1) is 12.7 Å². The Hall–Kier alpha value is -2.87. The lowest BCUT2D eigenvalue weighted by molar-refractivity contribution is 0.173. The fourth-order valence-corrected chi connectivity index (χ4v) is 3.46. The standard InChI is InChI=1S/C20H24FN5O2/c1-11-4-5-13(6-7-23-11)17-18(21)14(9-15-19(17)28-10-27-15)25-20-24-12(2)8-16(22-3)26-20/h6,8-9,11,23H,4-5,7,10H2,1-3H3,(H2,22,24,25,26)/t11-/m0/s1. The van der Waals surface area contributed by atoms with Crippen LogP contribution in [-0.2, 0) is 0 Å². The number of halogens is 1. The Morgan fingerprint density at radius 1 is 1.25 bits per heavy atom. The second-order valence-electron chi connectivity index (χ2n) is 7.02. The first-order valence-electron chi connectivity index (χ1n) is 9.40. The Labute approximate surface area is 163 Å². The third-order valence-electron chi connectivity index (χ3n) is 4.94. The molecule has 1 aromatic heterocycles. The zero-order valence-electron chi connectivity index (χ0n) is 16.2. The molecule has 4 rings (SSSR count). The molecule has 3 heterocycles. The third-order valence-corrected chi connectivity index (χ3v) is 4.94. The first-order valence-corrected chi connectivity index (χ1v) is 9.40. The lowest BCUT2D eigenvalue weighted by atomic mass is 9.97. The molecule has 2 aromatic rings. The molecule has 0 amide bonds. The first kappa shape index (κ1) is 18.5. The highest BCUT2D eigenvalue weighted by Crippen LogP contribution is 2.45. The van der Waals surface area contributed by atoms with Crippen LogP contribution < -0.4 is 25.4 Å². The van der Waals surface area contributed by atoms with Gasteiger partial charge in [-0.05, 0) is 32.3 Å². The Morgan fingerprint density at radius 2 is 2.11 bits per heavy atom. The number of fused-ring (bicyclic) bond motifs is 1. The maximum absolute atomic E-state index is 15.6. The van der Waals surface area contributed by atoms with Crippen molar-refractivity contribution in [3.05, 3.63) is 35.3 Å². The molecule has 0 spiro atoms. The van der Waals surface area contributed by atoms with Gasteiger partial charge >= 0.3 is 0 Å². The molecular formula is C20H24FN5O2. The third kappa shape index (κ3) is 3.60. The number of allylic oxidation sites excluding steroid dienone is 1. The summed E-state index contributed by atoms with van der Waals surface area (Å²) in [6, 6.07) is 3.80. The molecule has 3 N–H and O–H groups in total. The highest BCUT2D eigenvalue weighted by Gasteiger charge is 2.28. The lowest BCUT2D eigenvalue weighted by Gasteiger charge is -2.15. The summed E-state index contributed by atoms with van der Waals surface area (Å²) in [6.07, 6.45) is 3.70. The molecule has 0 fully saturated rings. The van der Waals surface area contributed by atoms with Crippen molar-refractivity contribution in [2.24, 2.45) is 0 Å². The second-order valence-corrected chi connectivity index (χ2v) is 7.02. The van der Waals surface area contributed by atoms with Gasteiger partial charge in [-0.25, -0.2) is 9.37 Å². The van der Waals surface area contributed by atoms with Crippen LogP contribution in [0.5, 0.6) is 11.5 Å². The van der Waals surface area contributed by atoms with Crippen molar-refractivity contribution in [2.75, 3.05) is 31.0 Å². The number of nitrogens with zero attached hydrogens (tertiary/aromatic N) is 2. The van der Waals surface area contributed by atoms with Gasteiger partial charge in [-0.1, -0.05) is 6.08 Å². The molecule has 7 nitrogen and oxygen atoms in total. The van der Waals surface area contributed by atoms with Crippen LogP contribution in [0.15, 0.2) is 18.2 Å². The Kier molecular flexibility index (Phi) is 5.04. The van der Waals surface area contributed by atoms with Crippen LogP contribution >= 0.6 is 0 Å². The summed E-state index contributed by atoms with van der Waals surface area (Å²) < 4.78 is 26.7. The van der Waals surface area contributed by atoms with Crippen molar-refractivity contribution in [2.45, 2.75) is 32.7 Å². The SMILES string of the molecule is CNc1cc(C)nc(Nc2cc3c(c(C4=CCN[C@@H](C)CC4)c2F)OCO3)n1. The van der Waals surface area contributed by atoms with Crippen LogP contribution in [0.4, 0.5) is 21.8 Å². The van der Waals surface area contributed by atoms with Crippen molar-refractivity contribution in [1.82, 2.24) is 15.3 Å². The zero-order chi connectivity index (χ0) is 19.7. The molecule has 8 heteroatoms. The Balaban J connectivity index is 1.75. The highest BCUT2D eigenvalue weighted by molar-refractivity contribution is 5.79. The van der Waals surface area contributed by atoms with Gasteiger partial charge in [0.2, 0.25) is 12.7 Å². The van der Waals surface area contributed by atoms with Gasteiger partial charge in [0, 0.05) is 37.5 Å². The minimum absolute atomic E-state index is 0.0814. The molecule has 0 radical (unpaired) electrons. The Morgan fingerprint density at radius 3 is 2.93 bits per heavy atom. The van der Waals surface area contributed by atoms with E-state index in [0.717, 1.165) is 24.1 Å². The molecule has 2 aliphatic heterocycles. The lowest BCUT2D eigenvalue weighted by Crippen LogP contribution is -2.24. The number of ether oxygens (including phenoxy) is 2. The quantitative estimate of drug-likeness (QED) is 0.742. The summed E-state index contributed by atoms with van der Waals surface area (Å²) in [5, 5.41) is 9.38. The van der Waals surface area contributed by atoms with E-state index in [0.29, 0.717) is 41.4 Å². The van der Waals surface area contributed by atoms with Crippen molar-refractivity contribution in [3.8, 4) is 11.5 Å². The monoisotopic (exact) mass is 385 g/mol. The van der Waals surface area contributed by atoms with Gasteiger partial charge in [-0.15, -0.1) is 0 Å². The zero-order valence-corrected chi connectivity index (χ0v) is 16.2. The number of aryl methyl sites for hydroxylation is 1. The largest absolute Gasteiger partial charge is 0.453 e. The van der Waals surface area contributed by atoms with E-state index in [1.807, 2.05) is 19.1 Å². The van der Waals surface area contributed by atoms with Crippen LogP contribution in [0.25, 0.3) is 5.57 Å². The maximum atomic E-state index is 15.6. The minimum Gasteiger partial charge on any atom is -0.453 e. The molecule has 2 aliphatic rings. The van der Waals surface area contributed by atoms with Gasteiger partial charge in [0.25, 0.3) is 0 Å². The first-order chi connectivity index (χ1) is 13.5. The summed E-state index contributed by atoms with van der Waals surface area (Å²) in [4.78, 5) is 8.71. The van der Waals surface area contributed by atoms with Gasteiger partial charge < -0.3 is 25.4 Å². The minimum atomic E-state index is -0.388. The van der Waals surface area contributed by atoms with E-state index in [9.17, 15) is 0 Å². The molecule has 1 atom stereocenters. The number of rotatable bonds is 4. The average Bonchev–Trinajstić information content (AvgIpc) is 3.02. The Bertz CT molecular complexity index is 931. The second kappa shape index (κ2) is 7.63. The van der Waals surface area contributed by atoms with E-state index in [-0.39, 0.29) is 18.3 Å². The van der Waals surface area contributed by atoms with Crippen LogP contribution in [0.1, 0.15) is 31.0 Å². The van der Waals surface area contributed by atoms with Crippen LogP contribution in [0.3, 0.4) is 0 Å². The smallest absolute Gasteiger partial charge is 0.231 e. The van der Waals surface area contributed by atoms with Crippen LogP contribution in [0.2, 0.25) is 0 Å². The van der Waals surface area contributed by atoms with Crippen LogP contribution in [-0.4, -0.2) is 36.4 Å². The van der Waals surface area contributed by atoms with Crippen molar-refractivity contribution >= 4 is 23.0 Å². The van der Waals surface area contributed by atoms with Gasteiger partial charge in [-0.3, -0.25) is 0 Å². The number of nitrogens with one attached hydrogen (secondary N) is 3. The van der Waals surface area contributed by atoms with E-state index < -0.39 is 0 Å². The molecule has 0 saturated heterocycles. The maximum Gasteiger partial charge on any atom is 0.231 e. The average molecular weight is 385 g/mol. The topological polar surface area (TPSA) is 80.3 Å². The molecule has 148 valence electrons. The number of anilines is 3. The predicted molar refractivity (Wildman–Crippen MR) is 107 cm³/mol. The molecular weight excluding hydrogens is 361 g/mol. The van der Waals surface area contributed by atoms with E-state index in [4.69, 9.17) is 9.47 Å². The normalized spacial score (nSPS) is 18.4. The van der Waals surface area contributed by atoms with Gasteiger partial charge in [-0.2, -0.15) is 4.98 Å². The molecule has 1 aromatic carbocycles. The molecule has 0 unspecified atom stereocenters. The predicted octanol–water partition coefficient (Wildman–Crippen LogP) is 3.59. The van der Waals surface area contributed by atoms with Gasteiger partial charge in [0.1, 0.15) is 5.82 Å². The summed E-state index contributed by atoms with van der Waals surface area (Å²) in [7, 11) is 1.78. The van der Waals surface area contributed by atoms with Gasteiger partial charge in [0.05, 0.1) is 11.3 Å². The summed E-state index contributed by atoms with van der Waals surface area (Å²) in [6.45, 7) is 4.76. The van der Waals surface area contributed by atoms with Crippen molar-refractivity contribution in [3.63, 3.8) is 0 Å². The highest BCUT2D eigenvalue weighted by atomic mass is 19.1. The molecule has 0 aliphatic carbocycles. The van der Waals surface area contributed by atoms with E-state index in [1.165, 1.54) is 0 Å². The number of hydrogen-bond acceptors (Lipinski definition) is 7. The molecule has 0 saturated carbocycles. The van der Waals surface area contributed by atoms with Crippen molar-refractivity contribution < 1.29 is 13.9 Å². The summed E-state index contributed by atoms with van der Waals surface area (Å²) in [5.74, 6) is 1.57. The summed E-state index contributed by atoms with van der Waals surface area (Å²) >= 11 is 0. The van der Waals surface area contributed by atoms with E-state index >= 15 is 4.39 Å². The van der Waals surface area contributed by atoms with E-state index in [1.54, 1.807) is 13.1 Å². The number of aromatic nitrogens is 2. The molecule has 28 heavy (non-hydrogen) atoms.